The number of fused-ring (bicyclic) bond motifs is 1. The van der Waals surface area contributed by atoms with Crippen LogP contribution >= 0.6 is 0 Å². The molecule has 0 fully saturated rings. The highest BCUT2D eigenvalue weighted by atomic mass is 15.3. The van der Waals surface area contributed by atoms with Crippen molar-refractivity contribution in [1.82, 2.24) is 14.6 Å². The molecule has 4 nitrogen and oxygen atoms in total. The second-order valence-corrected chi connectivity index (χ2v) is 6.16. The molecular formula is C21H16N4. The molecule has 2 heterocycles. The molecule has 25 heavy (non-hydrogen) atoms. The van der Waals surface area contributed by atoms with Gasteiger partial charge in [-0.25, -0.2) is 9.50 Å². The molecule has 120 valence electrons. The van der Waals surface area contributed by atoms with Crippen molar-refractivity contribution >= 4 is 5.65 Å². The van der Waals surface area contributed by atoms with E-state index in [9.17, 15) is 5.26 Å². The zero-order chi connectivity index (χ0) is 17.4. The van der Waals surface area contributed by atoms with Crippen molar-refractivity contribution in [2.75, 3.05) is 0 Å². The van der Waals surface area contributed by atoms with E-state index in [0.717, 1.165) is 28.2 Å². The maximum absolute atomic E-state index is 9.52. The van der Waals surface area contributed by atoms with Gasteiger partial charge in [-0.1, -0.05) is 59.7 Å². The average Bonchev–Trinajstić information content (AvgIpc) is 3.06. The molecule has 0 spiro atoms. The van der Waals surface area contributed by atoms with Gasteiger partial charge in [0.1, 0.15) is 6.07 Å². The molecular weight excluding hydrogens is 308 g/mol. The monoisotopic (exact) mass is 324 g/mol. The molecule has 2 aromatic carbocycles. The van der Waals surface area contributed by atoms with Crippen LogP contribution in [0, 0.1) is 25.2 Å². The van der Waals surface area contributed by atoms with E-state index in [0.29, 0.717) is 5.56 Å². The number of hydrogen-bond acceptors (Lipinski definition) is 3. The topological polar surface area (TPSA) is 54.0 Å². The predicted molar refractivity (Wildman–Crippen MR) is 98.0 cm³/mol. The Bertz CT molecular complexity index is 1100. The standard InChI is InChI=1S/C21H16N4/c1-14-3-7-16(8-4-14)19-11-20-23-13-18(12-22)21(25(20)24-19)17-9-5-15(2)6-10-17/h3-11,13H,1-2H3. The zero-order valence-corrected chi connectivity index (χ0v) is 14.1. The van der Waals surface area contributed by atoms with E-state index in [-0.39, 0.29) is 0 Å². The highest BCUT2D eigenvalue weighted by Crippen LogP contribution is 2.27. The first kappa shape index (κ1) is 15.1. The molecule has 0 atom stereocenters. The van der Waals surface area contributed by atoms with Gasteiger partial charge in [-0.05, 0) is 13.8 Å². The number of aryl methyl sites for hydroxylation is 2. The number of rotatable bonds is 2. The minimum Gasteiger partial charge on any atom is -0.236 e. The summed E-state index contributed by atoms with van der Waals surface area (Å²) in [5.41, 5.74) is 7.21. The molecule has 4 heteroatoms. The Morgan fingerprint density at radius 3 is 2.08 bits per heavy atom. The quantitative estimate of drug-likeness (QED) is 0.543. The van der Waals surface area contributed by atoms with E-state index in [2.05, 4.69) is 30.1 Å². The van der Waals surface area contributed by atoms with Crippen LogP contribution in [-0.2, 0) is 0 Å². The molecule has 0 saturated heterocycles. The minimum absolute atomic E-state index is 0.509. The van der Waals surface area contributed by atoms with Crippen LogP contribution in [0.2, 0.25) is 0 Å². The molecule has 2 aromatic heterocycles. The van der Waals surface area contributed by atoms with Gasteiger partial charge in [-0.3, -0.25) is 0 Å². The van der Waals surface area contributed by atoms with Gasteiger partial charge in [0.15, 0.2) is 5.65 Å². The van der Waals surface area contributed by atoms with Crippen molar-refractivity contribution in [3.63, 3.8) is 0 Å². The smallest absolute Gasteiger partial charge is 0.156 e. The van der Waals surface area contributed by atoms with Gasteiger partial charge in [0, 0.05) is 23.4 Å². The summed E-state index contributed by atoms with van der Waals surface area (Å²) in [6, 6.07) is 20.5. The summed E-state index contributed by atoms with van der Waals surface area (Å²) in [4.78, 5) is 4.40. The Balaban J connectivity index is 1.96. The van der Waals surface area contributed by atoms with E-state index in [1.54, 1.807) is 10.7 Å². The van der Waals surface area contributed by atoms with Gasteiger partial charge in [0.2, 0.25) is 0 Å². The third kappa shape index (κ3) is 2.66. The van der Waals surface area contributed by atoms with Crippen LogP contribution in [0.4, 0.5) is 0 Å². The largest absolute Gasteiger partial charge is 0.236 e. The van der Waals surface area contributed by atoms with Crippen LogP contribution in [-0.4, -0.2) is 14.6 Å². The van der Waals surface area contributed by atoms with Crippen molar-refractivity contribution in [3.8, 4) is 28.6 Å². The number of nitrogens with zero attached hydrogens (tertiary/aromatic N) is 4. The van der Waals surface area contributed by atoms with Gasteiger partial charge in [0.05, 0.1) is 17.0 Å². The number of benzene rings is 2. The maximum Gasteiger partial charge on any atom is 0.156 e. The van der Waals surface area contributed by atoms with Gasteiger partial charge in [-0.15, -0.1) is 0 Å². The molecule has 0 radical (unpaired) electrons. The first-order chi connectivity index (χ1) is 12.2. The molecule has 4 aromatic rings. The second-order valence-electron chi connectivity index (χ2n) is 6.16. The van der Waals surface area contributed by atoms with E-state index >= 15 is 0 Å². The Labute approximate surface area is 146 Å². The Morgan fingerprint density at radius 2 is 1.48 bits per heavy atom. The highest BCUT2D eigenvalue weighted by Gasteiger charge is 2.14. The summed E-state index contributed by atoms with van der Waals surface area (Å²) < 4.78 is 1.76. The molecule has 0 bridgehead atoms. The first-order valence-corrected chi connectivity index (χ1v) is 8.08. The van der Waals surface area contributed by atoms with Crippen LogP contribution in [0.5, 0.6) is 0 Å². The molecule has 4 rings (SSSR count). The van der Waals surface area contributed by atoms with Crippen LogP contribution in [0.1, 0.15) is 16.7 Å². The van der Waals surface area contributed by atoms with Gasteiger partial charge in [-0.2, -0.15) is 10.4 Å². The molecule has 0 unspecified atom stereocenters. The van der Waals surface area contributed by atoms with Crippen LogP contribution in [0.25, 0.3) is 28.2 Å². The van der Waals surface area contributed by atoms with Crippen molar-refractivity contribution in [2.45, 2.75) is 13.8 Å². The van der Waals surface area contributed by atoms with Gasteiger partial charge in [0.25, 0.3) is 0 Å². The lowest BCUT2D eigenvalue weighted by atomic mass is 10.1. The van der Waals surface area contributed by atoms with Crippen molar-refractivity contribution in [1.29, 1.82) is 5.26 Å². The Kier molecular flexibility index (Phi) is 3.55. The van der Waals surface area contributed by atoms with E-state index < -0.39 is 0 Å². The van der Waals surface area contributed by atoms with E-state index in [1.807, 2.05) is 49.4 Å². The van der Waals surface area contributed by atoms with Crippen molar-refractivity contribution < 1.29 is 0 Å². The van der Waals surface area contributed by atoms with Crippen LogP contribution < -0.4 is 0 Å². The molecule has 0 saturated carbocycles. The third-order valence-corrected chi connectivity index (χ3v) is 4.28. The molecule has 0 amide bonds. The summed E-state index contributed by atoms with van der Waals surface area (Å²) >= 11 is 0. The lowest BCUT2D eigenvalue weighted by Crippen LogP contribution is -2.00. The number of hydrogen-bond donors (Lipinski definition) is 0. The lowest BCUT2D eigenvalue weighted by Gasteiger charge is -2.07. The van der Waals surface area contributed by atoms with Gasteiger partial charge < -0.3 is 0 Å². The van der Waals surface area contributed by atoms with E-state index in [4.69, 9.17) is 5.10 Å². The number of nitriles is 1. The summed E-state index contributed by atoms with van der Waals surface area (Å²) in [6.45, 7) is 4.10. The van der Waals surface area contributed by atoms with Crippen LogP contribution in [0.3, 0.4) is 0 Å². The van der Waals surface area contributed by atoms with E-state index in [1.165, 1.54) is 11.1 Å². The first-order valence-electron chi connectivity index (χ1n) is 8.08. The Morgan fingerprint density at radius 1 is 0.880 bits per heavy atom. The normalized spacial score (nSPS) is 10.8. The molecule has 0 aliphatic rings. The molecule has 0 aliphatic carbocycles. The molecule has 0 N–H and O–H groups in total. The Hall–Kier alpha value is -3.45. The van der Waals surface area contributed by atoms with Gasteiger partial charge >= 0.3 is 0 Å². The van der Waals surface area contributed by atoms with Crippen LogP contribution in [0.15, 0.2) is 60.8 Å². The summed E-state index contributed by atoms with van der Waals surface area (Å²) in [6.07, 6.45) is 1.62. The van der Waals surface area contributed by atoms with Crippen molar-refractivity contribution in [2.24, 2.45) is 0 Å². The predicted octanol–water partition coefficient (Wildman–Crippen LogP) is 4.55. The fraction of sp³-hybridized carbons (Fsp3) is 0.0952. The average molecular weight is 324 g/mol. The third-order valence-electron chi connectivity index (χ3n) is 4.28. The SMILES string of the molecule is Cc1ccc(-c2cc3ncc(C#N)c(-c4ccc(C)cc4)n3n2)cc1. The maximum atomic E-state index is 9.52. The lowest BCUT2D eigenvalue weighted by molar-refractivity contribution is 0.947. The molecule has 0 aliphatic heterocycles. The fourth-order valence-electron chi connectivity index (χ4n) is 2.87. The fourth-order valence-corrected chi connectivity index (χ4v) is 2.87. The summed E-state index contributed by atoms with van der Waals surface area (Å²) in [5.74, 6) is 0. The summed E-state index contributed by atoms with van der Waals surface area (Å²) in [5, 5.41) is 14.2. The highest BCUT2D eigenvalue weighted by molar-refractivity contribution is 5.72. The number of aromatic nitrogens is 3. The summed E-state index contributed by atoms with van der Waals surface area (Å²) in [7, 11) is 0. The minimum atomic E-state index is 0.509. The van der Waals surface area contributed by atoms with Crippen molar-refractivity contribution in [3.05, 3.63) is 77.5 Å². The second kappa shape index (κ2) is 5.88. The zero-order valence-electron chi connectivity index (χ0n) is 14.1.